The average molecular weight is 412 g/mol. The summed E-state index contributed by atoms with van der Waals surface area (Å²) in [6.07, 6.45) is 5.22. The van der Waals surface area contributed by atoms with Gasteiger partial charge >= 0.3 is 0 Å². The van der Waals surface area contributed by atoms with Crippen molar-refractivity contribution in [1.82, 2.24) is 10.4 Å². The molecule has 10 nitrogen and oxygen atoms in total. The first-order chi connectivity index (χ1) is 14.7. The van der Waals surface area contributed by atoms with Crippen LogP contribution in [0.25, 0.3) is 0 Å². The summed E-state index contributed by atoms with van der Waals surface area (Å²) >= 11 is 0. The topological polar surface area (TPSA) is 113 Å². The second-order valence-corrected chi connectivity index (χ2v) is 6.50. The van der Waals surface area contributed by atoms with E-state index < -0.39 is 5.91 Å². The maximum atomic E-state index is 12.3. The minimum absolute atomic E-state index is 0.0957. The average Bonchev–Trinajstić information content (AvgIpc) is 3.44. The minimum atomic E-state index is -0.423. The molecule has 0 saturated carbocycles. The summed E-state index contributed by atoms with van der Waals surface area (Å²) in [7, 11) is 3.11. The molecule has 1 amide bonds. The molecule has 0 bridgehead atoms. The van der Waals surface area contributed by atoms with Gasteiger partial charge in [-0.2, -0.15) is 5.10 Å². The van der Waals surface area contributed by atoms with E-state index >= 15 is 0 Å². The molecule has 1 atom stereocenters. The molecular formula is C20H20N4O6. The van der Waals surface area contributed by atoms with Gasteiger partial charge in [-0.15, -0.1) is 0 Å². The van der Waals surface area contributed by atoms with E-state index in [1.807, 2.05) is 12.1 Å². The smallest absolute Gasteiger partial charge is 0.289 e. The fourth-order valence-corrected chi connectivity index (χ4v) is 3.19. The lowest BCUT2D eigenvalue weighted by Gasteiger charge is -2.15. The first-order valence-electron chi connectivity index (χ1n) is 9.19. The van der Waals surface area contributed by atoms with E-state index in [1.54, 1.807) is 32.7 Å². The van der Waals surface area contributed by atoms with Gasteiger partial charge in [0.25, 0.3) is 5.91 Å². The number of methoxy groups -OCH3 is 2. The van der Waals surface area contributed by atoms with E-state index in [1.165, 1.54) is 6.21 Å². The van der Waals surface area contributed by atoms with Gasteiger partial charge in [0.15, 0.2) is 11.5 Å². The molecule has 156 valence electrons. The molecule has 4 rings (SSSR count). The molecule has 0 fully saturated rings. The van der Waals surface area contributed by atoms with Gasteiger partial charge in [0.05, 0.1) is 20.4 Å². The monoisotopic (exact) mass is 412 g/mol. The standard InChI is InChI=1S/C20H20N4O6/c1-26-16-7-13(17(27-2)19-18(16)28-11-29-19)6-14-8-15(24-30-14)20(25)23-22-10-12-4-3-5-21-9-12/h3-5,7,9-10,14H,6,8,11H2,1-2H3,(H,23,25)/b22-10-/t14-/m1/s1. The molecular weight excluding hydrogens is 392 g/mol. The van der Waals surface area contributed by atoms with E-state index in [0.717, 1.165) is 11.1 Å². The third kappa shape index (κ3) is 3.97. The molecule has 0 aliphatic carbocycles. The van der Waals surface area contributed by atoms with Crippen LogP contribution in [0.15, 0.2) is 40.8 Å². The highest BCUT2D eigenvalue weighted by Gasteiger charge is 2.31. The summed E-state index contributed by atoms with van der Waals surface area (Å²) in [5, 5.41) is 7.82. The predicted octanol–water partition coefficient (Wildman–Crippen LogP) is 1.67. The highest BCUT2D eigenvalue weighted by molar-refractivity contribution is 6.39. The van der Waals surface area contributed by atoms with E-state index in [9.17, 15) is 4.79 Å². The summed E-state index contributed by atoms with van der Waals surface area (Å²) in [4.78, 5) is 21.7. The van der Waals surface area contributed by atoms with Gasteiger partial charge in [-0.1, -0.05) is 11.2 Å². The van der Waals surface area contributed by atoms with Crippen molar-refractivity contribution in [3.8, 4) is 23.0 Å². The number of hydrogen-bond donors (Lipinski definition) is 1. The van der Waals surface area contributed by atoms with Gasteiger partial charge in [0, 0.05) is 36.4 Å². The molecule has 0 unspecified atom stereocenters. The number of rotatable bonds is 7. The Kier molecular flexibility index (Phi) is 5.64. The highest BCUT2D eigenvalue weighted by Crippen LogP contribution is 2.49. The number of nitrogens with one attached hydrogen (secondary N) is 1. The summed E-state index contributed by atoms with van der Waals surface area (Å²) in [5.74, 6) is 1.67. The minimum Gasteiger partial charge on any atom is -0.493 e. The van der Waals surface area contributed by atoms with Gasteiger partial charge in [0.1, 0.15) is 11.8 Å². The van der Waals surface area contributed by atoms with Crippen molar-refractivity contribution in [2.45, 2.75) is 18.9 Å². The second kappa shape index (κ2) is 8.68. The number of fused-ring (bicyclic) bond motifs is 1. The van der Waals surface area contributed by atoms with Crippen molar-refractivity contribution < 1.29 is 28.6 Å². The molecule has 0 saturated heterocycles. The SMILES string of the molecule is COc1cc(C[C@@H]2CC(C(=O)N/N=C\c3cccnc3)=NO2)c(OC)c2c1OCO2. The van der Waals surface area contributed by atoms with Crippen LogP contribution in [0, 0.1) is 0 Å². The molecule has 3 heterocycles. The van der Waals surface area contributed by atoms with Gasteiger partial charge in [0.2, 0.25) is 18.3 Å². The zero-order valence-electron chi connectivity index (χ0n) is 16.5. The van der Waals surface area contributed by atoms with Crippen LogP contribution in [0.1, 0.15) is 17.5 Å². The van der Waals surface area contributed by atoms with Crippen molar-refractivity contribution in [3.63, 3.8) is 0 Å². The third-order valence-corrected chi connectivity index (χ3v) is 4.57. The molecule has 2 aliphatic rings. The van der Waals surface area contributed by atoms with Crippen LogP contribution in [0.4, 0.5) is 0 Å². The predicted molar refractivity (Wildman–Crippen MR) is 106 cm³/mol. The number of amides is 1. The van der Waals surface area contributed by atoms with E-state index in [0.29, 0.717) is 35.8 Å². The Balaban J connectivity index is 1.39. The Morgan fingerprint density at radius 3 is 2.97 bits per heavy atom. The maximum absolute atomic E-state index is 12.3. The lowest BCUT2D eigenvalue weighted by molar-refractivity contribution is -0.114. The van der Waals surface area contributed by atoms with Crippen LogP contribution < -0.4 is 24.4 Å². The van der Waals surface area contributed by atoms with E-state index in [4.69, 9.17) is 23.8 Å². The van der Waals surface area contributed by atoms with E-state index in [-0.39, 0.29) is 18.6 Å². The first-order valence-corrected chi connectivity index (χ1v) is 9.19. The number of aromatic nitrogens is 1. The number of benzene rings is 1. The number of carbonyl (C=O) groups excluding carboxylic acids is 1. The first kappa shape index (κ1) is 19.5. The largest absolute Gasteiger partial charge is 0.493 e. The van der Waals surface area contributed by atoms with Gasteiger partial charge in [-0.05, 0) is 12.1 Å². The third-order valence-electron chi connectivity index (χ3n) is 4.57. The number of pyridine rings is 1. The van der Waals surface area contributed by atoms with Crippen molar-refractivity contribution >= 4 is 17.8 Å². The van der Waals surface area contributed by atoms with Crippen LogP contribution >= 0.6 is 0 Å². The Morgan fingerprint density at radius 2 is 2.20 bits per heavy atom. The Hall–Kier alpha value is -3.82. The van der Waals surface area contributed by atoms with E-state index in [2.05, 4.69) is 20.7 Å². The van der Waals surface area contributed by atoms with Gasteiger partial charge < -0.3 is 23.8 Å². The number of ether oxygens (including phenoxy) is 4. The zero-order valence-corrected chi connectivity index (χ0v) is 16.5. The maximum Gasteiger partial charge on any atom is 0.289 e. The molecule has 30 heavy (non-hydrogen) atoms. The number of oxime groups is 1. The number of hydrogen-bond acceptors (Lipinski definition) is 9. The zero-order chi connectivity index (χ0) is 20.9. The second-order valence-electron chi connectivity index (χ2n) is 6.50. The van der Waals surface area contributed by atoms with Gasteiger partial charge in [-0.25, -0.2) is 5.43 Å². The molecule has 10 heteroatoms. The Morgan fingerprint density at radius 1 is 1.33 bits per heavy atom. The molecule has 1 aromatic heterocycles. The quantitative estimate of drug-likeness (QED) is 0.544. The normalized spacial score (nSPS) is 16.9. The van der Waals surface area contributed by atoms with Crippen LogP contribution in [-0.2, 0) is 16.1 Å². The van der Waals surface area contributed by atoms with Crippen LogP contribution in [-0.4, -0.2) is 49.9 Å². The summed E-state index contributed by atoms with van der Waals surface area (Å²) in [6.45, 7) is 0.0957. The van der Waals surface area contributed by atoms with Crippen molar-refractivity contribution in [1.29, 1.82) is 0 Å². The highest BCUT2D eigenvalue weighted by atomic mass is 16.7. The molecule has 2 aliphatic heterocycles. The Labute approximate surface area is 172 Å². The van der Waals surface area contributed by atoms with Crippen molar-refractivity contribution in [3.05, 3.63) is 41.7 Å². The van der Waals surface area contributed by atoms with Crippen molar-refractivity contribution in [2.24, 2.45) is 10.3 Å². The Bertz CT molecular complexity index is 993. The number of nitrogens with zero attached hydrogens (tertiary/aromatic N) is 3. The molecule has 1 aromatic carbocycles. The lowest BCUT2D eigenvalue weighted by atomic mass is 10.0. The number of carbonyl (C=O) groups is 1. The summed E-state index contributed by atoms with van der Waals surface area (Å²) in [5.41, 5.74) is 4.27. The van der Waals surface area contributed by atoms with Gasteiger partial charge in [-0.3, -0.25) is 9.78 Å². The fourth-order valence-electron chi connectivity index (χ4n) is 3.19. The molecule has 1 N–H and O–H groups in total. The van der Waals surface area contributed by atoms with Crippen molar-refractivity contribution in [2.75, 3.05) is 21.0 Å². The summed E-state index contributed by atoms with van der Waals surface area (Å²) < 4.78 is 21.9. The fraction of sp³-hybridized carbons (Fsp3) is 0.300. The lowest BCUT2D eigenvalue weighted by Crippen LogP contribution is -2.27. The molecule has 0 radical (unpaired) electrons. The van der Waals surface area contributed by atoms with Crippen LogP contribution in [0.5, 0.6) is 23.0 Å². The summed E-state index contributed by atoms with van der Waals surface area (Å²) in [6, 6.07) is 5.41. The van der Waals surface area contributed by atoms with Crippen LogP contribution in [0.2, 0.25) is 0 Å². The molecule has 2 aromatic rings. The number of hydrazone groups is 1. The molecule has 0 spiro atoms. The van der Waals surface area contributed by atoms with Crippen LogP contribution in [0.3, 0.4) is 0 Å².